The first-order chi connectivity index (χ1) is 10.6. The summed E-state index contributed by atoms with van der Waals surface area (Å²) in [5, 5.41) is 10.4. The molecule has 0 unspecified atom stereocenters. The zero-order valence-corrected chi connectivity index (χ0v) is 14.0. The van der Waals surface area contributed by atoms with Crippen LogP contribution in [0, 0.1) is 0 Å². The molecule has 0 spiro atoms. The fourth-order valence-corrected chi connectivity index (χ4v) is 2.68. The first kappa shape index (κ1) is 16.5. The van der Waals surface area contributed by atoms with Crippen LogP contribution in [-0.4, -0.2) is 32.9 Å². The van der Waals surface area contributed by atoms with Crippen molar-refractivity contribution in [3.63, 3.8) is 0 Å². The minimum Gasteiger partial charge on any atom is -0.355 e. The molecule has 2 rings (SSSR count). The number of hydrogen-bond acceptors (Lipinski definition) is 4. The first-order valence-electron chi connectivity index (χ1n) is 7.60. The van der Waals surface area contributed by atoms with Crippen LogP contribution in [0.4, 0.5) is 0 Å². The molecule has 118 valence electrons. The van der Waals surface area contributed by atoms with Crippen LogP contribution in [0.3, 0.4) is 0 Å². The zero-order chi connectivity index (χ0) is 15.9. The van der Waals surface area contributed by atoms with Gasteiger partial charge in [0, 0.05) is 12.1 Å². The number of aromatic nitrogens is 3. The van der Waals surface area contributed by atoms with Crippen molar-refractivity contribution in [1.82, 2.24) is 20.5 Å². The van der Waals surface area contributed by atoms with Gasteiger partial charge < -0.3 is 5.32 Å². The molecule has 0 fully saturated rings. The number of rotatable bonds is 7. The van der Waals surface area contributed by atoms with Gasteiger partial charge in [-0.3, -0.25) is 9.89 Å². The Hall–Kier alpha value is -1.82. The Morgan fingerprint density at radius 1 is 1.32 bits per heavy atom. The summed E-state index contributed by atoms with van der Waals surface area (Å²) >= 11 is 1.36. The van der Waals surface area contributed by atoms with Crippen LogP contribution in [0.2, 0.25) is 0 Å². The molecule has 0 radical (unpaired) electrons. The number of carbonyl (C=O) groups excluding carboxylic acids is 1. The predicted octanol–water partition coefficient (Wildman–Crippen LogP) is 3.04. The van der Waals surface area contributed by atoms with Crippen molar-refractivity contribution in [2.45, 2.75) is 44.0 Å². The Morgan fingerprint density at radius 2 is 2.05 bits per heavy atom. The Morgan fingerprint density at radius 3 is 2.68 bits per heavy atom. The van der Waals surface area contributed by atoms with Crippen LogP contribution in [0.5, 0.6) is 0 Å². The summed E-state index contributed by atoms with van der Waals surface area (Å²) in [7, 11) is 0. The molecular weight excluding hydrogens is 296 g/mol. The highest BCUT2D eigenvalue weighted by molar-refractivity contribution is 8.00. The normalized spacial score (nSPS) is 12.1. The lowest BCUT2D eigenvalue weighted by Gasteiger charge is -2.08. The van der Waals surface area contributed by atoms with Crippen molar-refractivity contribution in [3.8, 4) is 11.4 Å². The van der Waals surface area contributed by atoms with E-state index in [1.165, 1.54) is 17.3 Å². The number of aromatic amines is 1. The van der Waals surface area contributed by atoms with E-state index in [9.17, 15) is 4.79 Å². The molecule has 0 aliphatic carbocycles. The van der Waals surface area contributed by atoms with Gasteiger partial charge in [0.2, 0.25) is 11.1 Å². The Bertz CT molecular complexity index is 609. The summed E-state index contributed by atoms with van der Waals surface area (Å²) in [4.78, 5) is 16.3. The van der Waals surface area contributed by atoms with Gasteiger partial charge >= 0.3 is 0 Å². The highest BCUT2D eigenvalue weighted by atomic mass is 32.2. The Labute approximate surface area is 135 Å². The van der Waals surface area contributed by atoms with E-state index >= 15 is 0 Å². The first-order valence-corrected chi connectivity index (χ1v) is 8.48. The number of amides is 1. The Kier molecular flexibility index (Phi) is 6.00. The molecule has 22 heavy (non-hydrogen) atoms. The van der Waals surface area contributed by atoms with Gasteiger partial charge in [-0.25, -0.2) is 4.98 Å². The van der Waals surface area contributed by atoms with E-state index in [4.69, 9.17) is 0 Å². The van der Waals surface area contributed by atoms with E-state index in [0.717, 1.165) is 24.2 Å². The molecule has 1 aromatic heterocycles. The molecule has 2 aromatic rings. The summed E-state index contributed by atoms with van der Waals surface area (Å²) in [5.74, 6) is 0.747. The molecule has 2 N–H and O–H groups in total. The lowest BCUT2D eigenvalue weighted by atomic mass is 10.1. The van der Waals surface area contributed by atoms with Crippen LogP contribution in [-0.2, 0) is 11.2 Å². The minimum absolute atomic E-state index is 0.0190. The molecule has 1 aromatic carbocycles. The maximum atomic E-state index is 11.9. The largest absolute Gasteiger partial charge is 0.355 e. The van der Waals surface area contributed by atoms with Gasteiger partial charge in [-0.05, 0) is 25.3 Å². The molecular formula is C16H22N4OS. The molecule has 0 saturated heterocycles. The monoisotopic (exact) mass is 318 g/mol. The fourth-order valence-electron chi connectivity index (χ4n) is 1.93. The van der Waals surface area contributed by atoms with Crippen molar-refractivity contribution in [1.29, 1.82) is 0 Å². The third-order valence-electron chi connectivity index (χ3n) is 3.30. The maximum absolute atomic E-state index is 11.9. The highest BCUT2D eigenvalue weighted by Crippen LogP contribution is 2.23. The number of H-pyrrole nitrogens is 1. The molecule has 0 saturated carbocycles. The second-order valence-electron chi connectivity index (χ2n) is 5.07. The van der Waals surface area contributed by atoms with Crippen molar-refractivity contribution in [3.05, 3.63) is 29.8 Å². The average Bonchev–Trinajstić information content (AvgIpc) is 3.01. The number of nitrogens with zero attached hydrogens (tertiary/aromatic N) is 2. The lowest BCUT2D eigenvalue weighted by Crippen LogP contribution is -2.31. The van der Waals surface area contributed by atoms with Gasteiger partial charge in [0.1, 0.15) is 0 Å². The summed E-state index contributed by atoms with van der Waals surface area (Å²) in [6, 6.07) is 8.24. The number of carbonyl (C=O) groups is 1. The topological polar surface area (TPSA) is 70.7 Å². The smallest absolute Gasteiger partial charge is 0.233 e. The predicted molar refractivity (Wildman–Crippen MR) is 89.8 cm³/mol. The number of nitrogens with one attached hydrogen (secondary N) is 2. The highest BCUT2D eigenvalue weighted by Gasteiger charge is 2.16. The van der Waals surface area contributed by atoms with E-state index in [-0.39, 0.29) is 11.2 Å². The van der Waals surface area contributed by atoms with Crippen LogP contribution < -0.4 is 5.32 Å². The second kappa shape index (κ2) is 7.98. The molecule has 0 aliphatic rings. The maximum Gasteiger partial charge on any atom is 0.233 e. The molecule has 0 aliphatic heterocycles. The van der Waals surface area contributed by atoms with Crippen molar-refractivity contribution < 1.29 is 4.79 Å². The van der Waals surface area contributed by atoms with E-state index in [1.54, 1.807) is 0 Å². The van der Waals surface area contributed by atoms with Gasteiger partial charge in [-0.15, -0.1) is 5.10 Å². The van der Waals surface area contributed by atoms with Gasteiger partial charge in [-0.1, -0.05) is 49.9 Å². The lowest BCUT2D eigenvalue weighted by molar-refractivity contribution is -0.120. The summed E-state index contributed by atoms with van der Waals surface area (Å²) in [5.41, 5.74) is 2.29. The summed E-state index contributed by atoms with van der Waals surface area (Å²) < 4.78 is 0. The van der Waals surface area contributed by atoms with Crippen molar-refractivity contribution in [2.24, 2.45) is 0 Å². The van der Waals surface area contributed by atoms with Gasteiger partial charge in [0.25, 0.3) is 0 Å². The van der Waals surface area contributed by atoms with Crippen LogP contribution >= 0.6 is 11.8 Å². The molecule has 5 nitrogen and oxygen atoms in total. The molecule has 1 heterocycles. The van der Waals surface area contributed by atoms with Crippen LogP contribution in [0.25, 0.3) is 11.4 Å². The SMILES string of the molecule is CCCNC(=O)[C@H](C)Sc1n[nH]c(-c2ccc(CC)cc2)n1. The molecule has 1 atom stereocenters. The number of hydrogen-bond donors (Lipinski definition) is 2. The molecule has 1 amide bonds. The van der Waals surface area contributed by atoms with Crippen LogP contribution in [0.1, 0.15) is 32.8 Å². The van der Waals surface area contributed by atoms with E-state index in [2.05, 4.69) is 39.6 Å². The van der Waals surface area contributed by atoms with E-state index in [1.807, 2.05) is 26.0 Å². The summed E-state index contributed by atoms with van der Waals surface area (Å²) in [6.45, 7) is 6.72. The van der Waals surface area contributed by atoms with Crippen molar-refractivity contribution in [2.75, 3.05) is 6.54 Å². The van der Waals surface area contributed by atoms with Gasteiger partial charge in [0.05, 0.1) is 5.25 Å². The standard InChI is InChI=1S/C16H22N4OS/c1-4-10-17-15(21)11(3)22-16-18-14(19-20-16)13-8-6-12(5-2)7-9-13/h6-9,11H,4-5,10H2,1-3H3,(H,17,21)(H,18,19,20)/t11-/m0/s1. The van der Waals surface area contributed by atoms with E-state index < -0.39 is 0 Å². The second-order valence-corrected chi connectivity index (χ2v) is 6.38. The number of benzene rings is 1. The van der Waals surface area contributed by atoms with Crippen LogP contribution in [0.15, 0.2) is 29.4 Å². The Balaban J connectivity index is 2.00. The van der Waals surface area contributed by atoms with Gasteiger partial charge in [-0.2, -0.15) is 0 Å². The molecule has 6 heteroatoms. The quantitative estimate of drug-likeness (QED) is 0.770. The zero-order valence-electron chi connectivity index (χ0n) is 13.2. The molecule has 0 bridgehead atoms. The number of thioether (sulfide) groups is 1. The third-order valence-corrected chi connectivity index (χ3v) is 4.26. The fraction of sp³-hybridized carbons (Fsp3) is 0.438. The summed E-state index contributed by atoms with van der Waals surface area (Å²) in [6.07, 6.45) is 1.95. The third kappa shape index (κ3) is 4.34. The average molecular weight is 318 g/mol. The number of aryl methyl sites for hydroxylation is 1. The van der Waals surface area contributed by atoms with Gasteiger partial charge in [0.15, 0.2) is 5.82 Å². The van der Waals surface area contributed by atoms with E-state index in [0.29, 0.717) is 11.7 Å². The minimum atomic E-state index is -0.210. The van der Waals surface area contributed by atoms with Crippen molar-refractivity contribution >= 4 is 17.7 Å².